The van der Waals surface area contributed by atoms with E-state index in [9.17, 15) is 9.18 Å². The van der Waals surface area contributed by atoms with E-state index in [1.807, 2.05) is 0 Å². The van der Waals surface area contributed by atoms with E-state index in [1.165, 1.54) is 19.2 Å². The van der Waals surface area contributed by atoms with Gasteiger partial charge in [-0.1, -0.05) is 0 Å². The summed E-state index contributed by atoms with van der Waals surface area (Å²) in [5, 5.41) is 20.6. The third-order valence-corrected chi connectivity index (χ3v) is 2.18. The van der Waals surface area contributed by atoms with Crippen molar-refractivity contribution in [2.24, 2.45) is 5.10 Å². The smallest absolute Gasteiger partial charge is 0.340 e. The highest BCUT2D eigenvalue weighted by atomic mass is 19.1. The van der Waals surface area contributed by atoms with Crippen LogP contribution < -0.4 is 10.2 Å². The zero-order chi connectivity index (χ0) is 15.1. The second-order valence-electron chi connectivity index (χ2n) is 3.32. The van der Waals surface area contributed by atoms with Gasteiger partial charge in [-0.25, -0.2) is 9.18 Å². The number of carbonyl (C=O) groups is 1. The summed E-state index contributed by atoms with van der Waals surface area (Å²) in [4.78, 5) is 11.6. The van der Waals surface area contributed by atoms with Crippen molar-refractivity contribution in [3.05, 3.63) is 23.5 Å². The average molecular weight is 276 g/mol. The van der Waals surface area contributed by atoms with Crippen molar-refractivity contribution < 1.29 is 18.7 Å². The molecule has 0 aliphatic heterocycles. The monoisotopic (exact) mass is 276 g/mol. The molecule has 1 rings (SSSR count). The number of hydrogen-bond acceptors (Lipinski definition) is 7. The minimum atomic E-state index is -0.823. The molecule has 1 aromatic carbocycles. The number of hydrazone groups is 1. The molecule has 20 heavy (non-hydrogen) atoms. The number of nitrogens with one attached hydrogen (secondary N) is 1. The summed E-state index contributed by atoms with van der Waals surface area (Å²) in [6.45, 7) is 0. The van der Waals surface area contributed by atoms with Crippen LogP contribution in [0.2, 0.25) is 0 Å². The number of nitriles is 2. The lowest BCUT2D eigenvalue weighted by Gasteiger charge is -2.12. The van der Waals surface area contributed by atoms with Crippen LogP contribution in [-0.2, 0) is 4.74 Å². The second-order valence-corrected chi connectivity index (χ2v) is 3.32. The summed E-state index contributed by atoms with van der Waals surface area (Å²) >= 11 is 0. The number of methoxy groups -OCH3 is 2. The fraction of sp³-hybridized carbons (Fsp3) is 0.167. The van der Waals surface area contributed by atoms with Gasteiger partial charge in [-0.05, 0) is 6.07 Å². The fourth-order valence-electron chi connectivity index (χ4n) is 1.32. The maximum absolute atomic E-state index is 13.4. The number of halogens is 1. The molecule has 0 atom stereocenters. The summed E-state index contributed by atoms with van der Waals surface area (Å²) in [7, 11) is 2.39. The molecule has 8 heteroatoms. The number of esters is 1. The Kier molecular flexibility index (Phi) is 5.01. The molecule has 1 aromatic rings. The SMILES string of the molecule is COC(=O)c1cc(F)cc(OC)c1NN=C(C#N)C#N. The summed E-state index contributed by atoms with van der Waals surface area (Å²) in [5.74, 6) is -1.56. The molecule has 0 saturated carbocycles. The Balaban J connectivity index is 3.36. The van der Waals surface area contributed by atoms with Gasteiger partial charge in [0.05, 0.1) is 19.8 Å². The first-order valence-corrected chi connectivity index (χ1v) is 5.17. The number of nitrogens with zero attached hydrogens (tertiary/aromatic N) is 3. The topological polar surface area (TPSA) is 108 Å². The van der Waals surface area contributed by atoms with Crippen molar-refractivity contribution in [2.75, 3.05) is 19.6 Å². The summed E-state index contributed by atoms with van der Waals surface area (Å²) < 4.78 is 22.8. The molecule has 0 saturated heterocycles. The van der Waals surface area contributed by atoms with Crippen LogP contribution in [0, 0.1) is 28.5 Å². The minimum Gasteiger partial charge on any atom is -0.494 e. The molecular formula is C12H9FN4O3. The van der Waals surface area contributed by atoms with Crippen molar-refractivity contribution >= 4 is 17.4 Å². The van der Waals surface area contributed by atoms with Gasteiger partial charge in [0.15, 0.2) is 0 Å². The second kappa shape index (κ2) is 6.71. The normalized spacial score (nSPS) is 8.85. The van der Waals surface area contributed by atoms with E-state index >= 15 is 0 Å². The molecule has 102 valence electrons. The Morgan fingerprint density at radius 1 is 1.35 bits per heavy atom. The quantitative estimate of drug-likeness (QED) is 0.506. The third-order valence-electron chi connectivity index (χ3n) is 2.18. The van der Waals surface area contributed by atoms with Gasteiger partial charge >= 0.3 is 5.97 Å². The van der Waals surface area contributed by atoms with Crippen LogP contribution in [0.15, 0.2) is 17.2 Å². The number of rotatable bonds is 4. The zero-order valence-electron chi connectivity index (χ0n) is 10.6. The van der Waals surface area contributed by atoms with Crippen LogP contribution in [0.3, 0.4) is 0 Å². The fourth-order valence-corrected chi connectivity index (χ4v) is 1.32. The van der Waals surface area contributed by atoms with Gasteiger partial charge in [-0.15, -0.1) is 0 Å². The van der Waals surface area contributed by atoms with Crippen LogP contribution in [0.5, 0.6) is 5.75 Å². The maximum Gasteiger partial charge on any atom is 0.340 e. The molecule has 0 unspecified atom stereocenters. The first kappa shape index (κ1) is 14.9. The van der Waals surface area contributed by atoms with Gasteiger partial charge in [-0.2, -0.15) is 15.6 Å². The van der Waals surface area contributed by atoms with Gasteiger partial charge in [0.2, 0.25) is 5.71 Å². The number of benzene rings is 1. The lowest BCUT2D eigenvalue weighted by molar-refractivity contribution is 0.0601. The highest BCUT2D eigenvalue weighted by Gasteiger charge is 2.18. The summed E-state index contributed by atoms with van der Waals surface area (Å²) in [6, 6.07) is 5.00. The first-order chi connectivity index (χ1) is 9.57. The van der Waals surface area contributed by atoms with Gasteiger partial charge < -0.3 is 9.47 Å². The average Bonchev–Trinajstić information content (AvgIpc) is 2.47. The summed E-state index contributed by atoms with van der Waals surface area (Å²) in [5.41, 5.74) is 1.67. The highest BCUT2D eigenvalue weighted by molar-refractivity contribution is 6.10. The molecule has 0 radical (unpaired) electrons. The van der Waals surface area contributed by atoms with E-state index in [4.69, 9.17) is 15.3 Å². The molecular weight excluding hydrogens is 267 g/mol. The van der Waals surface area contributed by atoms with Gasteiger partial charge in [0.25, 0.3) is 0 Å². The Bertz CT molecular complexity index is 627. The predicted molar refractivity (Wildman–Crippen MR) is 66.6 cm³/mol. The van der Waals surface area contributed by atoms with Crippen LogP contribution in [0.4, 0.5) is 10.1 Å². The van der Waals surface area contributed by atoms with Crippen molar-refractivity contribution in [2.45, 2.75) is 0 Å². The highest BCUT2D eigenvalue weighted by Crippen LogP contribution is 2.30. The Hall–Kier alpha value is -3.13. The van der Waals surface area contributed by atoms with Gasteiger partial charge in [0, 0.05) is 6.07 Å². The Morgan fingerprint density at radius 2 is 2.00 bits per heavy atom. The molecule has 1 N–H and O–H groups in total. The van der Waals surface area contributed by atoms with Gasteiger partial charge in [0.1, 0.15) is 29.4 Å². The first-order valence-electron chi connectivity index (χ1n) is 5.17. The molecule has 0 fully saturated rings. The van der Waals surface area contributed by atoms with Crippen LogP contribution in [0.25, 0.3) is 0 Å². The summed E-state index contributed by atoms with van der Waals surface area (Å²) in [6.07, 6.45) is 0. The van der Waals surface area contributed by atoms with Crippen LogP contribution in [0.1, 0.15) is 10.4 Å². The molecule has 0 spiro atoms. The van der Waals surface area contributed by atoms with E-state index in [0.717, 1.165) is 19.2 Å². The minimum absolute atomic E-state index is 0.0104. The van der Waals surface area contributed by atoms with E-state index in [1.54, 1.807) is 0 Å². The van der Waals surface area contributed by atoms with E-state index in [0.29, 0.717) is 0 Å². The van der Waals surface area contributed by atoms with Crippen molar-refractivity contribution in [3.8, 4) is 17.9 Å². The van der Waals surface area contributed by atoms with Crippen molar-refractivity contribution in [1.82, 2.24) is 0 Å². The lowest BCUT2D eigenvalue weighted by atomic mass is 10.1. The van der Waals surface area contributed by atoms with Crippen molar-refractivity contribution in [3.63, 3.8) is 0 Å². The van der Waals surface area contributed by atoms with E-state index in [2.05, 4.69) is 15.3 Å². The number of hydrogen-bond donors (Lipinski definition) is 1. The molecule has 0 bridgehead atoms. The molecule has 7 nitrogen and oxygen atoms in total. The largest absolute Gasteiger partial charge is 0.494 e. The zero-order valence-corrected chi connectivity index (χ0v) is 10.6. The molecule has 0 aliphatic carbocycles. The molecule has 0 heterocycles. The van der Waals surface area contributed by atoms with E-state index in [-0.39, 0.29) is 17.0 Å². The Labute approximate surface area is 113 Å². The number of carbonyl (C=O) groups excluding carboxylic acids is 1. The third kappa shape index (κ3) is 3.21. The number of ether oxygens (including phenoxy) is 2. The number of anilines is 1. The van der Waals surface area contributed by atoms with Crippen molar-refractivity contribution in [1.29, 1.82) is 10.5 Å². The lowest BCUT2D eigenvalue weighted by Crippen LogP contribution is -2.09. The van der Waals surface area contributed by atoms with Gasteiger partial charge in [-0.3, -0.25) is 5.43 Å². The predicted octanol–water partition coefficient (Wildman–Crippen LogP) is 1.44. The van der Waals surface area contributed by atoms with E-state index < -0.39 is 17.5 Å². The standard InChI is InChI=1S/C12H9FN4O3/c1-19-10-4-7(13)3-9(12(18)20-2)11(10)17-16-8(5-14)6-15/h3-4,17H,1-2H3. The Morgan fingerprint density at radius 3 is 2.50 bits per heavy atom. The van der Waals surface area contributed by atoms with Crippen LogP contribution >= 0.6 is 0 Å². The molecule has 0 aliphatic rings. The maximum atomic E-state index is 13.4. The molecule has 0 amide bonds. The molecule has 0 aromatic heterocycles. The van der Waals surface area contributed by atoms with Crippen LogP contribution in [-0.4, -0.2) is 25.9 Å².